The molecular weight excluding hydrogens is 292 g/mol. The first-order valence-corrected chi connectivity index (χ1v) is 8.14. The zero-order valence-corrected chi connectivity index (χ0v) is 13.6. The van der Waals surface area contributed by atoms with Gasteiger partial charge in [0.1, 0.15) is 0 Å². The molecule has 0 heterocycles. The van der Waals surface area contributed by atoms with E-state index in [-0.39, 0.29) is 10.8 Å². The minimum atomic E-state index is -3.68. The minimum Gasteiger partial charge on any atom is -0.352 e. The van der Waals surface area contributed by atoms with Crippen LogP contribution in [0.1, 0.15) is 30.6 Å². The molecule has 0 aliphatic rings. The maximum Gasteiger partial charge on any atom is 0.264 e. The Morgan fingerprint density at radius 2 is 1.86 bits per heavy atom. The number of nitrogens with one attached hydrogen (secondary N) is 1. The maximum atomic E-state index is 12.0. The van der Waals surface area contributed by atoms with Crippen molar-refractivity contribution < 1.29 is 18.0 Å². The molecule has 0 saturated carbocycles. The summed E-state index contributed by atoms with van der Waals surface area (Å²) in [6.45, 7) is 4.76. The molecule has 21 heavy (non-hydrogen) atoms. The number of rotatable bonds is 7. The average molecular weight is 314 g/mol. The highest BCUT2D eigenvalue weighted by Crippen LogP contribution is 2.15. The molecule has 1 amide bonds. The summed E-state index contributed by atoms with van der Waals surface area (Å²) in [6, 6.07) is 5.76. The number of nitrogens with zero attached hydrogens (tertiary/aromatic N) is 1. The summed E-state index contributed by atoms with van der Waals surface area (Å²) >= 11 is 0. The third-order valence-electron chi connectivity index (χ3n) is 3.02. The Morgan fingerprint density at radius 1 is 1.29 bits per heavy atom. The largest absolute Gasteiger partial charge is 0.352 e. The second-order valence-electron chi connectivity index (χ2n) is 5.06. The molecule has 0 aromatic heterocycles. The van der Waals surface area contributed by atoms with Crippen LogP contribution in [0, 0.1) is 5.92 Å². The topological polar surface area (TPSA) is 75.7 Å². The van der Waals surface area contributed by atoms with Gasteiger partial charge in [0.25, 0.3) is 15.9 Å². The predicted molar refractivity (Wildman–Crippen MR) is 80.2 cm³/mol. The Hall–Kier alpha value is -1.44. The van der Waals surface area contributed by atoms with Crippen LogP contribution in [0.2, 0.25) is 0 Å². The van der Waals surface area contributed by atoms with Gasteiger partial charge in [0, 0.05) is 19.2 Å². The van der Waals surface area contributed by atoms with E-state index >= 15 is 0 Å². The fourth-order valence-corrected chi connectivity index (χ4v) is 2.57. The fourth-order valence-electron chi connectivity index (χ4n) is 1.60. The molecule has 1 aromatic carbocycles. The number of carbonyl (C=O) groups is 1. The number of hydrogen-bond donors (Lipinski definition) is 1. The third-order valence-corrected chi connectivity index (χ3v) is 4.71. The lowest BCUT2D eigenvalue weighted by atomic mass is 10.1. The van der Waals surface area contributed by atoms with Gasteiger partial charge in [0.2, 0.25) is 0 Å². The molecular formula is C14H22N2O4S. The van der Waals surface area contributed by atoms with Crippen molar-refractivity contribution in [3.63, 3.8) is 0 Å². The first-order valence-electron chi connectivity index (χ1n) is 6.70. The third kappa shape index (κ3) is 4.80. The molecule has 0 aliphatic heterocycles. The lowest BCUT2D eigenvalue weighted by Crippen LogP contribution is -2.27. The number of amides is 1. The van der Waals surface area contributed by atoms with Crippen LogP contribution in [-0.2, 0) is 14.9 Å². The smallest absolute Gasteiger partial charge is 0.264 e. The van der Waals surface area contributed by atoms with Gasteiger partial charge < -0.3 is 5.32 Å². The number of hydrogen-bond acceptors (Lipinski definition) is 4. The van der Waals surface area contributed by atoms with Gasteiger partial charge in [0.15, 0.2) is 0 Å². The van der Waals surface area contributed by atoms with E-state index in [0.717, 1.165) is 10.9 Å². The Kier molecular flexibility index (Phi) is 6.32. The van der Waals surface area contributed by atoms with Crippen LogP contribution >= 0.6 is 0 Å². The van der Waals surface area contributed by atoms with Crippen molar-refractivity contribution in [3.8, 4) is 0 Å². The molecule has 0 radical (unpaired) electrons. The first kappa shape index (κ1) is 17.6. The lowest BCUT2D eigenvalue weighted by Gasteiger charge is -2.14. The SMILES string of the molecule is CON(C)S(=O)(=O)c1ccc(C(=O)NCCC(C)C)cc1. The van der Waals surface area contributed by atoms with Crippen molar-refractivity contribution >= 4 is 15.9 Å². The van der Waals surface area contributed by atoms with Gasteiger partial charge in [-0.15, -0.1) is 0 Å². The van der Waals surface area contributed by atoms with Crippen LogP contribution in [0.5, 0.6) is 0 Å². The standard InChI is InChI=1S/C14H22N2O4S/c1-11(2)9-10-15-14(17)12-5-7-13(8-6-12)21(18,19)16(3)20-4/h5-8,11H,9-10H2,1-4H3,(H,15,17). The van der Waals surface area contributed by atoms with Gasteiger partial charge in [-0.25, -0.2) is 8.42 Å². The minimum absolute atomic E-state index is 0.0746. The molecule has 7 heteroatoms. The van der Waals surface area contributed by atoms with Gasteiger partial charge in [-0.1, -0.05) is 18.3 Å². The molecule has 118 valence electrons. The molecule has 6 nitrogen and oxygen atoms in total. The average Bonchev–Trinajstić information content (AvgIpc) is 2.45. The summed E-state index contributed by atoms with van der Waals surface area (Å²) in [7, 11) is -1.10. The van der Waals surface area contributed by atoms with E-state index in [4.69, 9.17) is 0 Å². The van der Waals surface area contributed by atoms with Crippen molar-refractivity contribution in [2.24, 2.45) is 5.92 Å². The Morgan fingerprint density at radius 3 is 2.33 bits per heavy atom. The Labute approximate surface area is 126 Å². The Balaban J connectivity index is 2.76. The molecule has 1 N–H and O–H groups in total. The van der Waals surface area contributed by atoms with E-state index in [1.807, 2.05) is 0 Å². The van der Waals surface area contributed by atoms with E-state index in [1.165, 1.54) is 38.4 Å². The highest BCUT2D eigenvalue weighted by molar-refractivity contribution is 7.89. The maximum absolute atomic E-state index is 12.0. The molecule has 0 fully saturated rings. The van der Waals surface area contributed by atoms with E-state index in [9.17, 15) is 13.2 Å². The van der Waals surface area contributed by atoms with E-state index in [2.05, 4.69) is 24.0 Å². The molecule has 0 bridgehead atoms. The summed E-state index contributed by atoms with van der Waals surface area (Å²) in [5.41, 5.74) is 0.428. The van der Waals surface area contributed by atoms with Crippen LogP contribution in [0.3, 0.4) is 0 Å². The van der Waals surface area contributed by atoms with Gasteiger partial charge in [-0.3, -0.25) is 9.63 Å². The molecule has 1 aromatic rings. The van der Waals surface area contributed by atoms with Crippen LogP contribution in [-0.4, -0.2) is 39.5 Å². The molecule has 0 saturated heterocycles. The highest BCUT2D eigenvalue weighted by Gasteiger charge is 2.20. The number of hydroxylamine groups is 1. The molecule has 0 atom stereocenters. The van der Waals surface area contributed by atoms with E-state index in [0.29, 0.717) is 18.0 Å². The van der Waals surface area contributed by atoms with Crippen molar-refractivity contribution in [1.29, 1.82) is 0 Å². The van der Waals surface area contributed by atoms with Crippen molar-refractivity contribution in [3.05, 3.63) is 29.8 Å². The lowest BCUT2D eigenvalue weighted by molar-refractivity contribution is -0.0258. The number of carbonyl (C=O) groups excluding carboxylic acids is 1. The zero-order chi connectivity index (χ0) is 16.0. The summed E-state index contributed by atoms with van der Waals surface area (Å²) in [5, 5.41) is 2.80. The zero-order valence-electron chi connectivity index (χ0n) is 12.8. The second kappa shape index (κ2) is 7.53. The van der Waals surface area contributed by atoms with Crippen LogP contribution < -0.4 is 5.32 Å². The van der Waals surface area contributed by atoms with Crippen LogP contribution in [0.15, 0.2) is 29.2 Å². The quantitative estimate of drug-likeness (QED) is 0.776. The van der Waals surface area contributed by atoms with Gasteiger partial charge in [0.05, 0.1) is 12.0 Å². The van der Waals surface area contributed by atoms with Gasteiger partial charge >= 0.3 is 0 Å². The normalized spacial score (nSPS) is 11.9. The van der Waals surface area contributed by atoms with Crippen LogP contribution in [0.4, 0.5) is 0 Å². The summed E-state index contributed by atoms with van der Waals surface area (Å²) in [4.78, 5) is 16.6. The molecule has 0 unspecified atom stereocenters. The van der Waals surface area contributed by atoms with Gasteiger partial charge in [-0.2, -0.15) is 0 Å². The summed E-state index contributed by atoms with van der Waals surface area (Å²) in [5.74, 6) is 0.307. The van der Waals surface area contributed by atoms with Crippen molar-refractivity contribution in [2.45, 2.75) is 25.2 Å². The van der Waals surface area contributed by atoms with E-state index in [1.54, 1.807) is 0 Å². The summed E-state index contributed by atoms with van der Waals surface area (Å²) in [6.07, 6.45) is 0.900. The monoisotopic (exact) mass is 314 g/mol. The van der Waals surface area contributed by atoms with Crippen molar-refractivity contribution in [2.75, 3.05) is 20.7 Å². The second-order valence-corrected chi connectivity index (χ2v) is 7.00. The number of benzene rings is 1. The summed E-state index contributed by atoms with van der Waals surface area (Å²) < 4.78 is 24.8. The van der Waals surface area contributed by atoms with E-state index < -0.39 is 10.0 Å². The highest BCUT2D eigenvalue weighted by atomic mass is 32.2. The predicted octanol–water partition coefficient (Wildman–Crippen LogP) is 1.64. The first-order chi connectivity index (χ1) is 9.78. The molecule has 0 aliphatic carbocycles. The molecule has 0 spiro atoms. The fraction of sp³-hybridized carbons (Fsp3) is 0.500. The van der Waals surface area contributed by atoms with Crippen molar-refractivity contribution in [1.82, 2.24) is 9.79 Å². The van der Waals surface area contributed by atoms with Crippen LogP contribution in [0.25, 0.3) is 0 Å². The molecule has 1 rings (SSSR count). The van der Waals surface area contributed by atoms with Gasteiger partial charge in [-0.05, 0) is 36.6 Å². The number of sulfonamides is 1. The Bertz CT molecular complexity index is 567.